The molecule has 0 aliphatic carbocycles. The Morgan fingerprint density at radius 2 is 1.71 bits per heavy atom. The third-order valence-corrected chi connectivity index (χ3v) is 3.10. The van der Waals surface area contributed by atoms with Gasteiger partial charge >= 0.3 is 0 Å². The lowest BCUT2D eigenvalue weighted by Crippen LogP contribution is -2.30. The van der Waals surface area contributed by atoms with Crippen LogP contribution in [0.4, 0.5) is 0 Å². The van der Waals surface area contributed by atoms with Crippen LogP contribution in [0, 0.1) is 11.8 Å². The van der Waals surface area contributed by atoms with E-state index in [0.717, 1.165) is 25.7 Å². The summed E-state index contributed by atoms with van der Waals surface area (Å²) in [4.78, 5) is 0. The van der Waals surface area contributed by atoms with Crippen molar-refractivity contribution in [2.45, 2.75) is 66.3 Å². The molecule has 0 heterocycles. The Kier molecular flexibility index (Phi) is 11.0. The smallest absolute Gasteiger partial charge is 0.0591 e. The first-order chi connectivity index (χ1) is 8.06. The van der Waals surface area contributed by atoms with Gasteiger partial charge in [-0.05, 0) is 38.0 Å². The van der Waals surface area contributed by atoms with E-state index in [1.54, 1.807) is 0 Å². The molecule has 2 heteroatoms. The van der Waals surface area contributed by atoms with Gasteiger partial charge in [-0.15, -0.1) is 0 Å². The Balaban J connectivity index is 3.27. The van der Waals surface area contributed by atoms with Gasteiger partial charge in [-0.2, -0.15) is 0 Å². The van der Waals surface area contributed by atoms with Crippen molar-refractivity contribution in [2.24, 2.45) is 11.8 Å². The summed E-state index contributed by atoms with van der Waals surface area (Å²) in [5.41, 5.74) is 0. The van der Waals surface area contributed by atoms with Crippen LogP contribution in [-0.2, 0) is 4.74 Å². The minimum Gasteiger partial charge on any atom is -0.380 e. The number of ether oxygens (including phenoxy) is 1. The van der Waals surface area contributed by atoms with E-state index in [1.807, 2.05) is 0 Å². The van der Waals surface area contributed by atoms with E-state index in [-0.39, 0.29) is 0 Å². The Morgan fingerprint density at radius 3 is 2.29 bits per heavy atom. The molecular weight excluding hydrogens is 210 g/mol. The molecule has 0 aromatic rings. The van der Waals surface area contributed by atoms with Gasteiger partial charge in [-0.1, -0.05) is 34.1 Å². The molecule has 0 radical (unpaired) electrons. The highest BCUT2D eigenvalue weighted by Crippen LogP contribution is 2.06. The fourth-order valence-electron chi connectivity index (χ4n) is 1.92. The van der Waals surface area contributed by atoms with Gasteiger partial charge in [0.15, 0.2) is 0 Å². The number of nitrogens with one attached hydrogen (secondary N) is 1. The lowest BCUT2D eigenvalue weighted by Gasteiger charge is -2.16. The summed E-state index contributed by atoms with van der Waals surface area (Å²) in [7, 11) is 0. The van der Waals surface area contributed by atoms with Gasteiger partial charge in [0, 0.05) is 19.2 Å². The summed E-state index contributed by atoms with van der Waals surface area (Å²) in [6.07, 6.45) is 5.11. The molecule has 0 rings (SSSR count). The summed E-state index contributed by atoms with van der Waals surface area (Å²) < 4.78 is 5.66. The van der Waals surface area contributed by atoms with E-state index in [1.165, 1.54) is 25.7 Å². The number of rotatable bonds is 11. The van der Waals surface area contributed by atoms with Crippen LogP contribution in [0.2, 0.25) is 0 Å². The van der Waals surface area contributed by atoms with Gasteiger partial charge in [0.1, 0.15) is 0 Å². The molecule has 0 saturated heterocycles. The van der Waals surface area contributed by atoms with E-state index in [4.69, 9.17) is 4.74 Å². The fourth-order valence-corrected chi connectivity index (χ4v) is 1.92. The predicted octanol–water partition coefficient (Wildman–Crippen LogP) is 3.85. The minimum atomic E-state index is 0.620. The summed E-state index contributed by atoms with van der Waals surface area (Å²) in [6.45, 7) is 14.1. The van der Waals surface area contributed by atoms with Crippen LogP contribution in [0.5, 0.6) is 0 Å². The van der Waals surface area contributed by atoms with Crippen molar-refractivity contribution in [1.82, 2.24) is 5.32 Å². The summed E-state index contributed by atoms with van der Waals surface area (Å²) in [5, 5.41) is 3.52. The molecule has 1 N–H and O–H groups in total. The van der Waals surface area contributed by atoms with Crippen LogP contribution in [0.15, 0.2) is 0 Å². The second kappa shape index (κ2) is 11.0. The molecule has 0 aliphatic heterocycles. The van der Waals surface area contributed by atoms with Gasteiger partial charge in [-0.25, -0.2) is 0 Å². The molecule has 0 aromatic carbocycles. The van der Waals surface area contributed by atoms with E-state index in [9.17, 15) is 0 Å². The summed E-state index contributed by atoms with van der Waals surface area (Å²) >= 11 is 0. The maximum absolute atomic E-state index is 5.66. The Morgan fingerprint density at radius 1 is 1.00 bits per heavy atom. The molecule has 0 spiro atoms. The highest BCUT2D eigenvalue weighted by molar-refractivity contribution is 4.61. The SMILES string of the molecule is CCCC(C)COCCNC(C)CCC(C)C. The van der Waals surface area contributed by atoms with Crippen molar-refractivity contribution in [3.8, 4) is 0 Å². The monoisotopic (exact) mass is 243 g/mol. The van der Waals surface area contributed by atoms with E-state index >= 15 is 0 Å². The van der Waals surface area contributed by atoms with Crippen molar-refractivity contribution in [1.29, 1.82) is 0 Å². The zero-order valence-electron chi connectivity index (χ0n) is 12.6. The van der Waals surface area contributed by atoms with Gasteiger partial charge < -0.3 is 10.1 Å². The van der Waals surface area contributed by atoms with Crippen molar-refractivity contribution in [3.05, 3.63) is 0 Å². The topological polar surface area (TPSA) is 21.3 Å². The first kappa shape index (κ1) is 16.9. The zero-order valence-corrected chi connectivity index (χ0v) is 12.6. The van der Waals surface area contributed by atoms with Crippen LogP contribution in [0.1, 0.15) is 60.3 Å². The highest BCUT2D eigenvalue weighted by Gasteiger charge is 2.03. The number of hydrogen-bond donors (Lipinski definition) is 1. The molecule has 2 atom stereocenters. The average molecular weight is 243 g/mol. The average Bonchev–Trinajstić information content (AvgIpc) is 2.26. The number of hydrogen-bond acceptors (Lipinski definition) is 2. The second-order valence-electron chi connectivity index (χ2n) is 5.80. The fraction of sp³-hybridized carbons (Fsp3) is 1.00. The Bertz CT molecular complexity index is 159. The quantitative estimate of drug-likeness (QED) is 0.556. The lowest BCUT2D eigenvalue weighted by molar-refractivity contribution is 0.102. The van der Waals surface area contributed by atoms with E-state index in [2.05, 4.69) is 39.9 Å². The molecule has 0 fully saturated rings. The van der Waals surface area contributed by atoms with Crippen LogP contribution in [0.3, 0.4) is 0 Å². The van der Waals surface area contributed by atoms with Crippen LogP contribution >= 0.6 is 0 Å². The van der Waals surface area contributed by atoms with E-state index in [0.29, 0.717) is 12.0 Å². The molecule has 2 nitrogen and oxygen atoms in total. The standard InChI is InChI=1S/C15H33NO/c1-6-7-14(4)12-17-11-10-16-15(5)9-8-13(2)3/h13-16H,6-12H2,1-5H3. The zero-order chi connectivity index (χ0) is 13.1. The molecule has 0 amide bonds. The third-order valence-electron chi connectivity index (χ3n) is 3.10. The molecular formula is C15H33NO. The lowest BCUT2D eigenvalue weighted by atomic mass is 10.0. The van der Waals surface area contributed by atoms with Crippen LogP contribution in [-0.4, -0.2) is 25.8 Å². The van der Waals surface area contributed by atoms with Gasteiger partial charge in [0.2, 0.25) is 0 Å². The summed E-state index contributed by atoms with van der Waals surface area (Å²) in [5.74, 6) is 1.52. The highest BCUT2D eigenvalue weighted by atomic mass is 16.5. The Hall–Kier alpha value is -0.0800. The van der Waals surface area contributed by atoms with E-state index < -0.39 is 0 Å². The molecule has 104 valence electrons. The first-order valence-electron chi connectivity index (χ1n) is 7.37. The summed E-state index contributed by atoms with van der Waals surface area (Å²) in [6, 6.07) is 0.620. The molecule has 2 unspecified atom stereocenters. The molecule has 17 heavy (non-hydrogen) atoms. The Labute approximate surface area is 109 Å². The molecule has 0 aromatic heterocycles. The molecule has 0 aliphatic rings. The largest absolute Gasteiger partial charge is 0.380 e. The molecule has 0 saturated carbocycles. The van der Waals surface area contributed by atoms with Crippen molar-refractivity contribution in [2.75, 3.05) is 19.8 Å². The van der Waals surface area contributed by atoms with Crippen LogP contribution < -0.4 is 5.32 Å². The maximum Gasteiger partial charge on any atom is 0.0591 e. The molecule has 0 bridgehead atoms. The normalized spacial score (nSPS) is 15.2. The predicted molar refractivity (Wildman–Crippen MR) is 76.4 cm³/mol. The van der Waals surface area contributed by atoms with Gasteiger partial charge in [0.25, 0.3) is 0 Å². The first-order valence-corrected chi connectivity index (χ1v) is 7.37. The van der Waals surface area contributed by atoms with Crippen molar-refractivity contribution >= 4 is 0 Å². The van der Waals surface area contributed by atoms with Crippen molar-refractivity contribution < 1.29 is 4.74 Å². The van der Waals surface area contributed by atoms with Gasteiger partial charge in [0.05, 0.1) is 6.61 Å². The minimum absolute atomic E-state index is 0.620. The second-order valence-corrected chi connectivity index (χ2v) is 5.80. The maximum atomic E-state index is 5.66. The third kappa shape index (κ3) is 12.2. The van der Waals surface area contributed by atoms with Crippen molar-refractivity contribution in [3.63, 3.8) is 0 Å². The van der Waals surface area contributed by atoms with Crippen LogP contribution in [0.25, 0.3) is 0 Å². The van der Waals surface area contributed by atoms with Gasteiger partial charge in [-0.3, -0.25) is 0 Å².